The van der Waals surface area contributed by atoms with Gasteiger partial charge in [0.1, 0.15) is 29.5 Å². The third-order valence-electron chi connectivity index (χ3n) is 7.62. The van der Waals surface area contributed by atoms with Gasteiger partial charge in [0, 0.05) is 137 Å². The van der Waals surface area contributed by atoms with Crippen molar-refractivity contribution in [3.8, 4) is 0 Å². The summed E-state index contributed by atoms with van der Waals surface area (Å²) >= 11 is 14.3. The molecule has 0 unspecified atom stereocenters. The number of rotatable bonds is 6. The molecule has 0 aromatic heterocycles. The standard InChI is InChI=1S/C20H20P.4C4H7.C3H6O.C3H5O.C3H7.CH3I.5CH4.4CH3.7HI.2V.2W.4Y/c1-2-21(18-12-6-3-7-13-18,19-14-8-4-9-15-19)20-16-10-5-11-17-20;4*1-2-4-3-1;2*1-2-3-4;1-3-2;1-2;;;;;;;;;;;;;;;;;;;;;;;;/h3-17H,2H2,1H3;4*1H,2-4H2;3H,2H2,1H3;3H,1-2H2;1,3H2,2H3;1H3;5*1H4;4*1H3;7*1H;;;;;;;;/q+1;4*-1;;2*-1;;;;;;;4*-1;;;;;;;;+2;+3;2*+2;;;;/p-5. The Hall–Kier alpha value is 10.2. The van der Waals surface area contributed by atoms with Crippen LogP contribution in [0, 0.1) is 69.2 Å². The molecule has 0 N–H and O–H groups in total. The number of alkyl halides is 1. The molecule has 0 aliphatic heterocycles. The Labute approximate surface area is 712 Å². The van der Waals surface area contributed by atoms with Crippen molar-refractivity contribution in [3.63, 3.8) is 0 Å². The molecule has 435 valence electrons. The largest absolute Gasteiger partial charge is 2.00 e. The van der Waals surface area contributed by atoms with Crippen molar-refractivity contribution in [1.82, 2.24) is 0 Å². The summed E-state index contributed by atoms with van der Waals surface area (Å²) in [6.07, 6.45) is 30.8. The molecular weight excluding hydrogens is 2560 g/mol. The van der Waals surface area contributed by atoms with Gasteiger partial charge in [-0.15, -0.1) is 80.1 Å². The molecule has 4 aliphatic carbocycles. The van der Waals surface area contributed by atoms with Crippen molar-refractivity contribution >= 4 is 206 Å². The predicted molar refractivity (Wildman–Crippen MR) is 397 cm³/mol. The van der Waals surface area contributed by atoms with Gasteiger partial charge in [-0.2, -0.15) is 57.8 Å². The Morgan fingerprint density at radius 3 is 0.703 bits per heavy atom. The zero-order chi connectivity index (χ0) is 43.7. The SMILES string of the molecule is C.C.C.C.C.CCC=O.CC[P+](c1ccccc1)(c1ccccc1)c1ccccc1.CI.I.I.[CH-]1CCC1.[CH-]1CCC1.[CH-]1CCC1.[CH-]1CCC1.[CH2-]CC.[CH2-]CC=O.[CH3-].[CH3-].[CH3-].[CH3-].[I][V]([I])[I].[I][V][I].[W+2].[W+2].[Y].[Y].[Y].[Y]. The predicted octanol–water partition coefficient (Wildman–Crippen LogP) is 23.4. The normalized spacial score (nSPS) is 10.1. The van der Waals surface area contributed by atoms with Crippen LogP contribution < -0.4 is 15.9 Å². The van der Waals surface area contributed by atoms with Crippen molar-refractivity contribution in [2.45, 2.75) is 154 Å². The Balaban J connectivity index is -0.0000000240. The fourth-order valence-corrected chi connectivity index (χ4v) is 7.89. The van der Waals surface area contributed by atoms with Gasteiger partial charge in [-0.05, 0) is 48.3 Å². The number of halogens is 8. The number of aldehydes is 2. The Bertz CT molecular complexity index is 1040. The molecule has 0 saturated heterocycles. The van der Waals surface area contributed by atoms with Crippen LogP contribution in [0.25, 0.3) is 0 Å². The second kappa shape index (κ2) is 128. The van der Waals surface area contributed by atoms with Crippen LogP contribution in [0.3, 0.4) is 0 Å². The van der Waals surface area contributed by atoms with E-state index in [9.17, 15) is 4.79 Å². The second-order valence-electron chi connectivity index (χ2n) is 11.8. The summed E-state index contributed by atoms with van der Waals surface area (Å²) in [7, 11) is -0.907. The average molecular weight is 2670 g/mol. The molecule has 4 aliphatic rings. The van der Waals surface area contributed by atoms with Gasteiger partial charge in [0.25, 0.3) is 0 Å². The molecular formula is C55H103I8O2PV2W2Y4-5. The van der Waals surface area contributed by atoms with E-state index in [2.05, 4.69) is 260 Å². The monoisotopic (exact) mass is 2670 g/mol. The maximum Gasteiger partial charge on any atom is 2.00 e. The van der Waals surface area contributed by atoms with Crippen molar-refractivity contribution in [2.75, 3.05) is 11.1 Å². The van der Waals surface area contributed by atoms with Crippen LogP contribution >= 0.6 is 178 Å². The third kappa shape index (κ3) is 101. The topological polar surface area (TPSA) is 34.1 Å². The summed E-state index contributed by atoms with van der Waals surface area (Å²) in [4.78, 5) is 20.0. The number of carbonyl (C=O) groups excluding carboxylic acids is 2. The van der Waals surface area contributed by atoms with E-state index in [0.717, 1.165) is 25.2 Å². The summed E-state index contributed by atoms with van der Waals surface area (Å²) in [5.41, 5.74) is 0. The van der Waals surface area contributed by atoms with Gasteiger partial charge in [-0.3, -0.25) is 0 Å². The first-order valence-corrected chi connectivity index (χ1v) is 46.3. The van der Waals surface area contributed by atoms with Gasteiger partial charge >= 0.3 is 156 Å². The van der Waals surface area contributed by atoms with Crippen LogP contribution in [0.5, 0.6) is 0 Å². The molecule has 74 heavy (non-hydrogen) atoms. The minimum atomic E-state index is -1.53. The van der Waals surface area contributed by atoms with E-state index in [4.69, 9.17) is 4.79 Å². The smallest absolute Gasteiger partial charge is 0 e. The van der Waals surface area contributed by atoms with E-state index in [1.807, 2.05) is 18.8 Å². The second-order valence-corrected chi connectivity index (χ2v) is 62.8. The quantitative estimate of drug-likeness (QED) is 0.0810. The number of hydrogen-bond donors (Lipinski definition) is 0. The summed E-state index contributed by atoms with van der Waals surface area (Å²) < 4.78 is 0. The first kappa shape index (κ1) is 146. The molecule has 3 aromatic rings. The van der Waals surface area contributed by atoms with E-state index in [1.54, 1.807) is 0 Å². The van der Waals surface area contributed by atoms with E-state index < -0.39 is 7.26 Å². The molecule has 4 saturated carbocycles. The summed E-state index contributed by atoms with van der Waals surface area (Å²) in [5.74, 6) is 0. The third-order valence-corrected chi connectivity index (χ3v) is 12.1. The molecule has 7 rings (SSSR count). The van der Waals surface area contributed by atoms with E-state index in [-0.39, 0.29) is 293 Å². The fraction of sp³-hybridized carbons (Fsp3) is 0.455. The molecule has 0 atom stereocenters. The molecule has 4 radical (unpaired) electrons. The first-order chi connectivity index (χ1) is 27.8. The summed E-state index contributed by atoms with van der Waals surface area (Å²) in [6.45, 7) is 12.9. The van der Waals surface area contributed by atoms with Crippen LogP contribution in [0.15, 0.2) is 91.0 Å². The summed E-state index contributed by atoms with van der Waals surface area (Å²) in [6, 6.07) is 33.0. The average Bonchev–Trinajstić information content (AvgIpc) is 3.12. The van der Waals surface area contributed by atoms with Crippen molar-refractivity contribution in [2.24, 2.45) is 0 Å². The Morgan fingerprint density at radius 2 is 0.635 bits per heavy atom. The van der Waals surface area contributed by atoms with E-state index in [1.165, 1.54) is 93.0 Å². The molecule has 0 heterocycles. The number of hydrogen-bond acceptors (Lipinski definition) is 2. The molecule has 19 heteroatoms. The van der Waals surface area contributed by atoms with Crippen LogP contribution in [-0.2, 0) is 197 Å². The van der Waals surface area contributed by atoms with Gasteiger partial charge in [0.15, 0.2) is 0 Å². The maximum absolute atomic E-state index is 9.17. The number of carbonyl (C=O) groups is 2. The van der Waals surface area contributed by atoms with Gasteiger partial charge in [0.05, 0.1) is 12.4 Å². The van der Waals surface area contributed by atoms with Crippen LogP contribution in [0.4, 0.5) is 0 Å². The molecule has 4 fully saturated rings. The van der Waals surface area contributed by atoms with Gasteiger partial charge in [-0.25, -0.2) is 0 Å². The number of benzene rings is 3. The Morgan fingerprint density at radius 1 is 0.514 bits per heavy atom. The van der Waals surface area contributed by atoms with Gasteiger partial charge < -0.3 is 78.8 Å². The molecule has 0 amide bonds. The minimum Gasteiger partial charge on any atom is 0 e. The molecule has 3 aromatic carbocycles. The maximum atomic E-state index is 9.17. The van der Waals surface area contributed by atoms with Crippen LogP contribution in [-0.4, -0.2) is 23.7 Å². The van der Waals surface area contributed by atoms with Gasteiger partial charge in [0.2, 0.25) is 0 Å². The van der Waals surface area contributed by atoms with E-state index >= 15 is 0 Å². The Kier molecular flexibility index (Phi) is 253. The zero-order valence-corrected chi connectivity index (χ0v) is 81.2. The fourth-order valence-electron chi connectivity index (χ4n) is 3.86. The first-order valence-electron chi connectivity index (χ1n) is 19.6. The van der Waals surface area contributed by atoms with Crippen molar-refractivity contribution in [1.29, 1.82) is 0 Å². The van der Waals surface area contributed by atoms with Crippen LogP contribution in [0.1, 0.15) is 154 Å². The summed E-state index contributed by atoms with van der Waals surface area (Å²) in [5, 5.41) is 4.39. The molecule has 0 spiro atoms. The van der Waals surface area contributed by atoms with Gasteiger partial charge in [-0.1, -0.05) is 128 Å². The zero-order valence-electron chi connectivity index (χ0n) is 42.7. The molecule has 0 bridgehead atoms. The van der Waals surface area contributed by atoms with Crippen molar-refractivity contribution in [3.05, 3.63) is 160 Å². The van der Waals surface area contributed by atoms with Crippen LogP contribution in [0.2, 0.25) is 0 Å². The molecule has 2 nitrogen and oxygen atoms in total. The van der Waals surface area contributed by atoms with E-state index in [0.29, 0.717) is 22.3 Å². The van der Waals surface area contributed by atoms with Crippen molar-refractivity contribution < 1.29 is 197 Å². The minimum absolute atomic E-state index is 0.